The van der Waals surface area contributed by atoms with Crippen molar-refractivity contribution in [1.82, 2.24) is 9.97 Å². The molecule has 0 aliphatic carbocycles. The lowest BCUT2D eigenvalue weighted by atomic mass is 10.3. The normalized spacial score (nSPS) is 10.2. The summed E-state index contributed by atoms with van der Waals surface area (Å²) in [6.45, 7) is 0.519. The van der Waals surface area contributed by atoms with Crippen LogP contribution < -0.4 is 15.8 Å². The van der Waals surface area contributed by atoms with E-state index in [1.54, 1.807) is 23.7 Å². The molecule has 0 aromatic carbocycles. The standard InChI is InChI=1S/C12H14N4O2S/c1-18-12-8(3-2-6-14-12)16-11(17)9-7-19-10(15-9)4-5-13/h2-3,6-7H,4-5,13H2,1H3,(H,16,17). The highest BCUT2D eigenvalue weighted by Crippen LogP contribution is 2.21. The van der Waals surface area contributed by atoms with Crippen LogP contribution in [0.1, 0.15) is 15.5 Å². The maximum atomic E-state index is 12.0. The van der Waals surface area contributed by atoms with Gasteiger partial charge in [-0.3, -0.25) is 4.79 Å². The van der Waals surface area contributed by atoms with Crippen molar-refractivity contribution in [2.45, 2.75) is 6.42 Å². The Balaban J connectivity index is 2.11. The number of amides is 1. The highest BCUT2D eigenvalue weighted by molar-refractivity contribution is 7.09. The Kier molecular flexibility index (Phi) is 4.43. The minimum absolute atomic E-state index is 0.286. The van der Waals surface area contributed by atoms with Gasteiger partial charge in [-0.2, -0.15) is 0 Å². The molecule has 0 atom stereocenters. The van der Waals surface area contributed by atoms with Crippen molar-refractivity contribution in [3.8, 4) is 5.88 Å². The van der Waals surface area contributed by atoms with Gasteiger partial charge in [-0.05, 0) is 18.7 Å². The maximum absolute atomic E-state index is 12.0. The fourth-order valence-corrected chi connectivity index (χ4v) is 2.28. The number of methoxy groups -OCH3 is 1. The van der Waals surface area contributed by atoms with Gasteiger partial charge in [0.15, 0.2) is 0 Å². The van der Waals surface area contributed by atoms with Crippen LogP contribution in [0.3, 0.4) is 0 Å². The van der Waals surface area contributed by atoms with E-state index < -0.39 is 0 Å². The molecule has 1 amide bonds. The second-order valence-electron chi connectivity index (χ2n) is 3.68. The van der Waals surface area contributed by atoms with Crippen LogP contribution >= 0.6 is 11.3 Å². The van der Waals surface area contributed by atoms with Gasteiger partial charge in [0.25, 0.3) is 5.91 Å². The Morgan fingerprint density at radius 1 is 1.58 bits per heavy atom. The summed E-state index contributed by atoms with van der Waals surface area (Å²) in [7, 11) is 1.50. The molecule has 0 aliphatic rings. The number of hydrogen-bond acceptors (Lipinski definition) is 6. The number of nitrogens with one attached hydrogen (secondary N) is 1. The number of anilines is 1. The Hall–Kier alpha value is -1.99. The third kappa shape index (κ3) is 3.27. The lowest BCUT2D eigenvalue weighted by Crippen LogP contribution is -2.13. The summed E-state index contributed by atoms with van der Waals surface area (Å²) in [6.07, 6.45) is 2.27. The first-order chi connectivity index (χ1) is 9.24. The Labute approximate surface area is 114 Å². The van der Waals surface area contributed by atoms with Crippen molar-refractivity contribution >= 4 is 22.9 Å². The van der Waals surface area contributed by atoms with Crippen molar-refractivity contribution in [3.05, 3.63) is 34.4 Å². The summed E-state index contributed by atoms with van der Waals surface area (Å²) >= 11 is 1.42. The van der Waals surface area contributed by atoms with Gasteiger partial charge in [0.05, 0.1) is 12.1 Å². The molecule has 0 spiro atoms. The van der Waals surface area contributed by atoms with Gasteiger partial charge in [-0.25, -0.2) is 9.97 Å². The molecule has 0 saturated carbocycles. The third-order valence-corrected chi connectivity index (χ3v) is 3.26. The molecule has 100 valence electrons. The molecule has 6 nitrogen and oxygen atoms in total. The Morgan fingerprint density at radius 2 is 2.42 bits per heavy atom. The second-order valence-corrected chi connectivity index (χ2v) is 4.62. The fourth-order valence-electron chi connectivity index (χ4n) is 1.49. The van der Waals surface area contributed by atoms with E-state index in [1.807, 2.05) is 0 Å². The summed E-state index contributed by atoms with van der Waals surface area (Å²) in [6, 6.07) is 3.44. The quantitative estimate of drug-likeness (QED) is 0.860. The first kappa shape index (κ1) is 13.4. The van der Waals surface area contributed by atoms with Gasteiger partial charge in [0.2, 0.25) is 5.88 Å². The highest BCUT2D eigenvalue weighted by Gasteiger charge is 2.13. The number of nitrogens with two attached hydrogens (primary N) is 1. The number of nitrogens with zero attached hydrogens (tertiary/aromatic N) is 2. The van der Waals surface area contributed by atoms with Crippen LogP contribution in [0.2, 0.25) is 0 Å². The van der Waals surface area contributed by atoms with E-state index in [-0.39, 0.29) is 5.91 Å². The summed E-state index contributed by atoms with van der Waals surface area (Å²) < 4.78 is 5.07. The molecule has 0 saturated heterocycles. The number of hydrogen-bond donors (Lipinski definition) is 2. The van der Waals surface area contributed by atoms with Gasteiger partial charge < -0.3 is 15.8 Å². The number of pyridine rings is 1. The summed E-state index contributed by atoms with van der Waals surface area (Å²) in [4.78, 5) is 20.2. The van der Waals surface area contributed by atoms with Crippen molar-refractivity contribution in [1.29, 1.82) is 0 Å². The van der Waals surface area contributed by atoms with E-state index in [2.05, 4.69) is 15.3 Å². The molecule has 3 N–H and O–H groups in total. The summed E-state index contributed by atoms with van der Waals surface area (Å²) in [5, 5.41) is 5.28. The molecule has 7 heteroatoms. The lowest BCUT2D eigenvalue weighted by molar-refractivity contribution is 0.102. The van der Waals surface area contributed by atoms with Crippen LogP contribution in [0.25, 0.3) is 0 Å². The average molecular weight is 278 g/mol. The van der Waals surface area contributed by atoms with Crippen LogP contribution in [-0.2, 0) is 6.42 Å². The van der Waals surface area contributed by atoms with Gasteiger partial charge in [-0.1, -0.05) is 0 Å². The number of aromatic nitrogens is 2. The Bertz CT molecular complexity index is 570. The van der Waals surface area contributed by atoms with Crippen molar-refractivity contribution < 1.29 is 9.53 Å². The third-order valence-electron chi connectivity index (χ3n) is 2.36. The predicted molar refractivity (Wildman–Crippen MR) is 73.6 cm³/mol. The smallest absolute Gasteiger partial charge is 0.275 e. The molecular weight excluding hydrogens is 264 g/mol. The number of rotatable bonds is 5. The zero-order chi connectivity index (χ0) is 13.7. The molecule has 2 rings (SSSR count). The predicted octanol–water partition coefficient (Wildman–Crippen LogP) is 1.30. The molecule has 0 unspecified atom stereocenters. The van der Waals surface area contributed by atoms with E-state index in [9.17, 15) is 4.79 Å². The number of carbonyl (C=O) groups excluding carboxylic acids is 1. The summed E-state index contributed by atoms with van der Waals surface area (Å²) in [5.74, 6) is 0.0825. The number of ether oxygens (including phenoxy) is 1. The van der Waals surface area contributed by atoms with E-state index >= 15 is 0 Å². The zero-order valence-electron chi connectivity index (χ0n) is 10.4. The molecule has 0 bridgehead atoms. The highest BCUT2D eigenvalue weighted by atomic mass is 32.1. The fraction of sp³-hybridized carbons (Fsp3) is 0.250. The second kappa shape index (κ2) is 6.26. The van der Waals surface area contributed by atoms with E-state index in [0.717, 1.165) is 5.01 Å². The monoisotopic (exact) mass is 278 g/mol. The molecule has 0 aliphatic heterocycles. The molecule has 2 aromatic rings. The van der Waals surface area contributed by atoms with E-state index in [1.165, 1.54) is 18.4 Å². The van der Waals surface area contributed by atoms with Gasteiger partial charge in [0.1, 0.15) is 11.4 Å². The maximum Gasteiger partial charge on any atom is 0.275 e. The molecule has 2 aromatic heterocycles. The largest absolute Gasteiger partial charge is 0.480 e. The van der Waals surface area contributed by atoms with E-state index in [4.69, 9.17) is 10.5 Å². The molecular formula is C12H14N4O2S. The van der Waals surface area contributed by atoms with Crippen LogP contribution in [0.15, 0.2) is 23.7 Å². The SMILES string of the molecule is COc1ncccc1NC(=O)c1csc(CCN)n1. The van der Waals surface area contributed by atoms with Crippen LogP contribution in [0.4, 0.5) is 5.69 Å². The molecule has 19 heavy (non-hydrogen) atoms. The topological polar surface area (TPSA) is 90.1 Å². The first-order valence-electron chi connectivity index (χ1n) is 5.69. The lowest BCUT2D eigenvalue weighted by Gasteiger charge is -2.07. The molecule has 0 fully saturated rings. The first-order valence-corrected chi connectivity index (χ1v) is 6.57. The molecule has 0 radical (unpaired) electrons. The van der Waals surface area contributed by atoms with Crippen LogP contribution in [-0.4, -0.2) is 29.5 Å². The zero-order valence-corrected chi connectivity index (χ0v) is 11.2. The number of thiazole rings is 1. The van der Waals surface area contributed by atoms with Gasteiger partial charge in [0, 0.05) is 18.0 Å². The van der Waals surface area contributed by atoms with Crippen LogP contribution in [0, 0.1) is 0 Å². The average Bonchev–Trinajstić information content (AvgIpc) is 2.88. The van der Waals surface area contributed by atoms with Crippen molar-refractivity contribution in [3.63, 3.8) is 0 Å². The van der Waals surface area contributed by atoms with Gasteiger partial charge >= 0.3 is 0 Å². The van der Waals surface area contributed by atoms with Crippen molar-refractivity contribution in [2.24, 2.45) is 5.73 Å². The van der Waals surface area contributed by atoms with Crippen LogP contribution in [0.5, 0.6) is 5.88 Å². The Morgan fingerprint density at radius 3 is 3.16 bits per heavy atom. The van der Waals surface area contributed by atoms with E-state index in [0.29, 0.717) is 30.2 Å². The minimum atomic E-state index is -0.286. The minimum Gasteiger partial charge on any atom is -0.480 e. The van der Waals surface area contributed by atoms with Crippen molar-refractivity contribution in [2.75, 3.05) is 19.0 Å². The summed E-state index contributed by atoms with van der Waals surface area (Å²) in [5.41, 5.74) is 6.34. The number of carbonyl (C=O) groups is 1. The molecule has 2 heterocycles. The van der Waals surface area contributed by atoms with Gasteiger partial charge in [-0.15, -0.1) is 11.3 Å².